The average Bonchev–Trinajstić information content (AvgIpc) is 2.24. The van der Waals surface area contributed by atoms with Crippen LogP contribution in [0.5, 0.6) is 0 Å². The van der Waals surface area contributed by atoms with E-state index in [2.05, 4.69) is 0 Å². The molecule has 0 saturated carbocycles. The van der Waals surface area contributed by atoms with E-state index in [0.717, 1.165) is 5.56 Å². The molecule has 2 rings (SSSR count). The van der Waals surface area contributed by atoms with E-state index >= 15 is 0 Å². The van der Waals surface area contributed by atoms with E-state index in [0.29, 0.717) is 11.3 Å². The lowest BCUT2D eigenvalue weighted by Gasteiger charge is -2.44. The van der Waals surface area contributed by atoms with Crippen LogP contribution in [0, 0.1) is 6.92 Å². The molecule has 1 aromatic carbocycles. The number of sulfonamides is 1. The predicted octanol–water partition coefficient (Wildman–Crippen LogP) is 1.14. The summed E-state index contributed by atoms with van der Waals surface area (Å²) >= 11 is 0. The summed E-state index contributed by atoms with van der Waals surface area (Å²) in [5.41, 5.74) is 0.0778. The lowest BCUT2D eigenvalue weighted by Crippen LogP contribution is -2.62. The van der Waals surface area contributed by atoms with Gasteiger partial charge in [0.05, 0.1) is 10.5 Å². The molecule has 4 nitrogen and oxygen atoms in total. The van der Waals surface area contributed by atoms with Gasteiger partial charge in [0.15, 0.2) is 0 Å². The van der Waals surface area contributed by atoms with Gasteiger partial charge in [-0.1, -0.05) is 19.1 Å². The first-order valence-electron chi connectivity index (χ1n) is 5.67. The minimum atomic E-state index is -3.43. The van der Waals surface area contributed by atoms with Crippen molar-refractivity contribution in [2.45, 2.75) is 30.8 Å². The minimum Gasteiger partial charge on any atom is -0.387 e. The van der Waals surface area contributed by atoms with Crippen molar-refractivity contribution in [2.75, 3.05) is 13.1 Å². The average molecular weight is 255 g/mol. The van der Waals surface area contributed by atoms with Crippen molar-refractivity contribution in [3.63, 3.8) is 0 Å². The first kappa shape index (κ1) is 12.5. The lowest BCUT2D eigenvalue weighted by molar-refractivity contribution is -0.0613. The molecule has 0 unspecified atom stereocenters. The van der Waals surface area contributed by atoms with E-state index in [1.807, 2.05) is 19.9 Å². The largest absolute Gasteiger partial charge is 0.387 e. The molecule has 1 aliphatic heterocycles. The van der Waals surface area contributed by atoms with Crippen LogP contribution < -0.4 is 0 Å². The molecule has 0 aliphatic carbocycles. The van der Waals surface area contributed by atoms with Gasteiger partial charge in [-0.3, -0.25) is 0 Å². The molecule has 1 heterocycles. The fourth-order valence-electron chi connectivity index (χ4n) is 1.93. The van der Waals surface area contributed by atoms with Crippen LogP contribution in [0.2, 0.25) is 0 Å². The molecular formula is C12H17NO3S. The summed E-state index contributed by atoms with van der Waals surface area (Å²) in [6.07, 6.45) is 0.576. The molecule has 0 radical (unpaired) electrons. The van der Waals surface area contributed by atoms with Gasteiger partial charge in [-0.05, 0) is 31.0 Å². The van der Waals surface area contributed by atoms with Crippen LogP contribution in [0.1, 0.15) is 18.9 Å². The van der Waals surface area contributed by atoms with Gasteiger partial charge in [0.25, 0.3) is 0 Å². The Labute approximate surface area is 102 Å². The Morgan fingerprint density at radius 1 is 1.41 bits per heavy atom. The highest BCUT2D eigenvalue weighted by molar-refractivity contribution is 7.89. The van der Waals surface area contributed by atoms with Gasteiger partial charge in [0.2, 0.25) is 10.0 Å². The Hall–Kier alpha value is -0.910. The summed E-state index contributed by atoms with van der Waals surface area (Å²) in [6, 6.07) is 6.83. The molecule has 1 aromatic rings. The van der Waals surface area contributed by atoms with Gasteiger partial charge in [0, 0.05) is 13.1 Å². The third-order valence-electron chi connectivity index (χ3n) is 3.23. The number of benzene rings is 1. The van der Waals surface area contributed by atoms with Crippen molar-refractivity contribution in [3.05, 3.63) is 29.8 Å². The van der Waals surface area contributed by atoms with Crippen LogP contribution in [-0.2, 0) is 10.0 Å². The van der Waals surface area contributed by atoms with E-state index in [1.54, 1.807) is 18.2 Å². The first-order chi connectivity index (χ1) is 7.87. The highest BCUT2D eigenvalue weighted by Gasteiger charge is 2.45. The minimum absolute atomic E-state index is 0.194. The van der Waals surface area contributed by atoms with Crippen molar-refractivity contribution in [3.8, 4) is 0 Å². The molecule has 0 aromatic heterocycles. The normalized spacial score (nSPS) is 19.9. The monoisotopic (exact) mass is 255 g/mol. The second-order valence-electron chi connectivity index (χ2n) is 4.67. The number of hydrogen-bond donors (Lipinski definition) is 1. The summed E-state index contributed by atoms with van der Waals surface area (Å²) in [6.45, 7) is 4.10. The van der Waals surface area contributed by atoms with Crippen molar-refractivity contribution >= 4 is 10.0 Å². The number of hydrogen-bond acceptors (Lipinski definition) is 3. The van der Waals surface area contributed by atoms with Gasteiger partial charge in [0.1, 0.15) is 0 Å². The van der Waals surface area contributed by atoms with Crippen molar-refractivity contribution < 1.29 is 13.5 Å². The molecule has 0 spiro atoms. The van der Waals surface area contributed by atoms with Crippen LogP contribution in [0.4, 0.5) is 0 Å². The quantitative estimate of drug-likeness (QED) is 0.881. The van der Waals surface area contributed by atoms with Crippen LogP contribution in [-0.4, -0.2) is 36.5 Å². The van der Waals surface area contributed by atoms with Crippen LogP contribution in [0.15, 0.2) is 29.2 Å². The topological polar surface area (TPSA) is 57.6 Å². The molecule has 1 N–H and O–H groups in total. The van der Waals surface area contributed by atoms with E-state index in [4.69, 9.17) is 0 Å². The standard InChI is InChI=1S/C12H17NO3S/c1-3-12(14)8-13(9-12)17(15,16)11-6-4-5-10(2)7-11/h4-7,14H,3,8-9H2,1-2H3. The van der Waals surface area contributed by atoms with Crippen molar-refractivity contribution in [2.24, 2.45) is 0 Å². The van der Waals surface area contributed by atoms with Gasteiger partial charge in [-0.2, -0.15) is 4.31 Å². The summed E-state index contributed by atoms with van der Waals surface area (Å²) in [7, 11) is -3.43. The summed E-state index contributed by atoms with van der Waals surface area (Å²) in [5, 5.41) is 9.85. The molecule has 0 amide bonds. The second kappa shape index (κ2) is 4.08. The van der Waals surface area contributed by atoms with Crippen LogP contribution >= 0.6 is 0 Å². The molecule has 5 heteroatoms. The maximum atomic E-state index is 12.2. The molecule has 1 saturated heterocycles. The molecule has 0 bridgehead atoms. The Morgan fingerprint density at radius 3 is 2.59 bits per heavy atom. The number of aliphatic hydroxyl groups is 1. The van der Waals surface area contributed by atoms with Crippen molar-refractivity contribution in [1.29, 1.82) is 0 Å². The van der Waals surface area contributed by atoms with E-state index < -0.39 is 15.6 Å². The Kier molecular flexibility index (Phi) is 3.01. The number of β-amino-alcohol motifs (C(OH)–C–C–N with tert-alkyl or cyclic N) is 1. The number of aryl methyl sites for hydroxylation is 1. The molecule has 1 fully saturated rings. The molecule has 1 aliphatic rings. The third kappa shape index (κ3) is 2.22. The van der Waals surface area contributed by atoms with Crippen molar-refractivity contribution in [1.82, 2.24) is 4.31 Å². The van der Waals surface area contributed by atoms with E-state index in [-0.39, 0.29) is 13.1 Å². The second-order valence-corrected chi connectivity index (χ2v) is 6.61. The summed E-state index contributed by atoms with van der Waals surface area (Å²) < 4.78 is 25.7. The summed E-state index contributed by atoms with van der Waals surface area (Å²) in [4.78, 5) is 0.302. The zero-order valence-corrected chi connectivity index (χ0v) is 10.9. The zero-order chi connectivity index (χ0) is 12.7. The highest BCUT2D eigenvalue weighted by atomic mass is 32.2. The number of nitrogens with zero attached hydrogens (tertiary/aromatic N) is 1. The summed E-state index contributed by atoms with van der Waals surface area (Å²) in [5.74, 6) is 0. The smallest absolute Gasteiger partial charge is 0.243 e. The van der Waals surface area contributed by atoms with Gasteiger partial charge in [-0.25, -0.2) is 8.42 Å². The maximum Gasteiger partial charge on any atom is 0.243 e. The predicted molar refractivity (Wildman–Crippen MR) is 65.2 cm³/mol. The Morgan fingerprint density at radius 2 is 2.06 bits per heavy atom. The lowest BCUT2D eigenvalue weighted by atomic mass is 9.94. The zero-order valence-electron chi connectivity index (χ0n) is 10.0. The first-order valence-corrected chi connectivity index (χ1v) is 7.11. The third-order valence-corrected chi connectivity index (χ3v) is 5.01. The maximum absolute atomic E-state index is 12.2. The molecule has 17 heavy (non-hydrogen) atoms. The highest BCUT2D eigenvalue weighted by Crippen LogP contribution is 2.30. The van der Waals surface area contributed by atoms with E-state index in [9.17, 15) is 13.5 Å². The number of rotatable bonds is 3. The Bertz CT molecular complexity index is 518. The van der Waals surface area contributed by atoms with Gasteiger partial charge in [-0.15, -0.1) is 0 Å². The molecule has 94 valence electrons. The van der Waals surface area contributed by atoms with Gasteiger partial charge < -0.3 is 5.11 Å². The Balaban J connectivity index is 2.22. The fourth-order valence-corrected chi connectivity index (χ4v) is 3.63. The molecular weight excluding hydrogens is 238 g/mol. The van der Waals surface area contributed by atoms with E-state index in [1.165, 1.54) is 4.31 Å². The fraction of sp³-hybridized carbons (Fsp3) is 0.500. The van der Waals surface area contributed by atoms with Crippen LogP contribution in [0.3, 0.4) is 0 Å². The van der Waals surface area contributed by atoms with Crippen LogP contribution in [0.25, 0.3) is 0 Å². The van der Waals surface area contributed by atoms with Gasteiger partial charge >= 0.3 is 0 Å². The molecule has 0 atom stereocenters. The SMILES string of the molecule is CCC1(O)CN(S(=O)(=O)c2cccc(C)c2)C1.